The first-order valence-electron chi connectivity index (χ1n) is 4.83. The van der Waals surface area contributed by atoms with Crippen molar-refractivity contribution in [1.29, 1.82) is 0 Å². The molecule has 0 amide bonds. The fourth-order valence-electron chi connectivity index (χ4n) is 1.90. The monoisotopic (exact) mass is 260 g/mol. The minimum Gasteiger partial charge on any atom is -0.456 e. The number of halogens is 1. The van der Waals surface area contributed by atoms with Crippen LogP contribution in [0.15, 0.2) is 45.3 Å². The Morgan fingerprint density at radius 3 is 2.80 bits per heavy atom. The summed E-state index contributed by atoms with van der Waals surface area (Å²) in [7, 11) is 0. The molecule has 0 saturated heterocycles. The molecular weight excluding hydrogens is 252 g/mol. The maximum atomic E-state index is 5.76. The lowest BCUT2D eigenvalue weighted by Gasteiger charge is -1.93. The topological polar surface area (TPSA) is 13.1 Å². The molecule has 2 heteroatoms. The highest BCUT2D eigenvalue weighted by Crippen LogP contribution is 2.34. The van der Waals surface area contributed by atoms with E-state index in [0.717, 1.165) is 21.0 Å². The van der Waals surface area contributed by atoms with Gasteiger partial charge < -0.3 is 4.42 Å². The zero-order valence-corrected chi connectivity index (χ0v) is 9.84. The first-order valence-corrected chi connectivity index (χ1v) is 5.62. The highest BCUT2D eigenvalue weighted by molar-refractivity contribution is 9.10. The van der Waals surface area contributed by atoms with Gasteiger partial charge >= 0.3 is 0 Å². The van der Waals surface area contributed by atoms with E-state index in [1.54, 1.807) is 0 Å². The van der Waals surface area contributed by atoms with Gasteiger partial charge in [-0.1, -0.05) is 33.6 Å². The van der Waals surface area contributed by atoms with Crippen LogP contribution in [0.25, 0.3) is 21.9 Å². The summed E-state index contributed by atoms with van der Waals surface area (Å²) in [6.07, 6.45) is 0. The molecule has 0 fully saturated rings. The Morgan fingerprint density at radius 1 is 1.07 bits per heavy atom. The molecule has 15 heavy (non-hydrogen) atoms. The van der Waals surface area contributed by atoms with Crippen molar-refractivity contribution in [3.63, 3.8) is 0 Å². The number of hydrogen-bond donors (Lipinski definition) is 0. The van der Waals surface area contributed by atoms with E-state index in [2.05, 4.69) is 35.0 Å². The van der Waals surface area contributed by atoms with Gasteiger partial charge in [0.25, 0.3) is 0 Å². The molecule has 74 valence electrons. The molecule has 0 aliphatic rings. The molecule has 1 aromatic heterocycles. The lowest BCUT2D eigenvalue weighted by Crippen LogP contribution is -1.71. The molecular formula is C13H9BrO. The lowest BCUT2D eigenvalue weighted by atomic mass is 10.1. The molecule has 0 unspecified atom stereocenters. The minimum absolute atomic E-state index is 0.935. The van der Waals surface area contributed by atoms with Gasteiger partial charge in [0.15, 0.2) is 0 Å². The fourth-order valence-corrected chi connectivity index (χ4v) is 2.46. The van der Waals surface area contributed by atoms with Crippen LogP contribution in [0.3, 0.4) is 0 Å². The van der Waals surface area contributed by atoms with Crippen molar-refractivity contribution in [2.24, 2.45) is 0 Å². The van der Waals surface area contributed by atoms with Crippen LogP contribution in [0.4, 0.5) is 0 Å². The van der Waals surface area contributed by atoms with Crippen molar-refractivity contribution in [3.8, 4) is 0 Å². The third-order valence-corrected chi connectivity index (χ3v) is 3.26. The van der Waals surface area contributed by atoms with Crippen LogP contribution in [0.5, 0.6) is 0 Å². The van der Waals surface area contributed by atoms with Crippen LogP contribution in [-0.4, -0.2) is 0 Å². The van der Waals surface area contributed by atoms with Crippen molar-refractivity contribution < 1.29 is 4.42 Å². The van der Waals surface area contributed by atoms with Gasteiger partial charge in [-0.15, -0.1) is 0 Å². The smallest absolute Gasteiger partial charge is 0.136 e. The minimum atomic E-state index is 0.935. The molecule has 3 aromatic rings. The summed E-state index contributed by atoms with van der Waals surface area (Å²) in [5.74, 6) is 0. The van der Waals surface area contributed by atoms with Gasteiger partial charge in [-0.05, 0) is 31.2 Å². The Labute approximate surface area is 95.8 Å². The van der Waals surface area contributed by atoms with E-state index in [4.69, 9.17) is 4.42 Å². The molecule has 2 aromatic carbocycles. The number of rotatable bonds is 0. The SMILES string of the molecule is Cc1ccc2oc3cccc(Br)c3c2c1. The Morgan fingerprint density at radius 2 is 1.93 bits per heavy atom. The van der Waals surface area contributed by atoms with E-state index in [0.29, 0.717) is 0 Å². The summed E-state index contributed by atoms with van der Waals surface area (Å²) in [6.45, 7) is 2.09. The Bertz CT molecular complexity index is 652. The summed E-state index contributed by atoms with van der Waals surface area (Å²) in [4.78, 5) is 0. The van der Waals surface area contributed by atoms with Gasteiger partial charge in [-0.3, -0.25) is 0 Å². The Balaban J connectivity index is 2.61. The highest BCUT2D eigenvalue weighted by Gasteiger charge is 2.08. The molecule has 1 nitrogen and oxygen atoms in total. The predicted octanol–water partition coefficient (Wildman–Crippen LogP) is 4.66. The van der Waals surface area contributed by atoms with E-state index in [9.17, 15) is 0 Å². The van der Waals surface area contributed by atoms with Crippen molar-refractivity contribution in [2.45, 2.75) is 6.92 Å². The van der Waals surface area contributed by atoms with Gasteiger partial charge in [-0.25, -0.2) is 0 Å². The lowest BCUT2D eigenvalue weighted by molar-refractivity contribution is 0.669. The van der Waals surface area contributed by atoms with Crippen LogP contribution in [-0.2, 0) is 0 Å². The molecule has 0 N–H and O–H groups in total. The summed E-state index contributed by atoms with van der Waals surface area (Å²) in [5.41, 5.74) is 3.13. The van der Waals surface area contributed by atoms with Crippen LogP contribution >= 0.6 is 15.9 Å². The second-order valence-electron chi connectivity index (χ2n) is 3.71. The van der Waals surface area contributed by atoms with Crippen molar-refractivity contribution in [2.75, 3.05) is 0 Å². The van der Waals surface area contributed by atoms with E-state index in [1.165, 1.54) is 10.9 Å². The van der Waals surface area contributed by atoms with Crippen molar-refractivity contribution >= 4 is 37.9 Å². The number of aryl methyl sites for hydroxylation is 1. The molecule has 0 aliphatic carbocycles. The predicted molar refractivity (Wildman–Crippen MR) is 66.2 cm³/mol. The van der Waals surface area contributed by atoms with Crippen LogP contribution < -0.4 is 0 Å². The third-order valence-electron chi connectivity index (χ3n) is 2.60. The first kappa shape index (κ1) is 8.98. The number of hydrogen-bond acceptors (Lipinski definition) is 1. The van der Waals surface area contributed by atoms with Crippen LogP contribution in [0.1, 0.15) is 5.56 Å². The van der Waals surface area contributed by atoms with Crippen LogP contribution in [0.2, 0.25) is 0 Å². The van der Waals surface area contributed by atoms with E-state index >= 15 is 0 Å². The standard InChI is InChI=1S/C13H9BrO/c1-8-5-6-11-9(7-8)13-10(14)3-2-4-12(13)15-11/h2-7H,1H3. The molecule has 0 saturated carbocycles. The van der Waals surface area contributed by atoms with E-state index < -0.39 is 0 Å². The average molecular weight is 261 g/mol. The molecule has 1 heterocycles. The Kier molecular flexibility index (Phi) is 1.86. The molecule has 0 aliphatic heterocycles. The number of fused-ring (bicyclic) bond motifs is 3. The first-order chi connectivity index (χ1) is 7.25. The zero-order chi connectivity index (χ0) is 10.4. The second kappa shape index (κ2) is 3.11. The van der Waals surface area contributed by atoms with Gasteiger partial charge in [0.2, 0.25) is 0 Å². The fraction of sp³-hybridized carbons (Fsp3) is 0.0769. The maximum Gasteiger partial charge on any atom is 0.136 e. The number of furan rings is 1. The van der Waals surface area contributed by atoms with Gasteiger partial charge in [-0.2, -0.15) is 0 Å². The molecule has 0 bridgehead atoms. The summed E-state index contributed by atoms with van der Waals surface area (Å²) in [6, 6.07) is 12.3. The highest BCUT2D eigenvalue weighted by atomic mass is 79.9. The van der Waals surface area contributed by atoms with E-state index in [1.807, 2.05) is 24.3 Å². The second-order valence-corrected chi connectivity index (χ2v) is 4.57. The largest absolute Gasteiger partial charge is 0.456 e. The van der Waals surface area contributed by atoms with Gasteiger partial charge in [0.1, 0.15) is 11.2 Å². The third kappa shape index (κ3) is 1.29. The summed E-state index contributed by atoms with van der Waals surface area (Å²) < 4.78 is 6.85. The molecule has 0 radical (unpaired) electrons. The summed E-state index contributed by atoms with van der Waals surface area (Å²) >= 11 is 3.56. The van der Waals surface area contributed by atoms with Crippen molar-refractivity contribution in [1.82, 2.24) is 0 Å². The van der Waals surface area contributed by atoms with Gasteiger partial charge in [0.05, 0.1) is 0 Å². The zero-order valence-electron chi connectivity index (χ0n) is 8.25. The number of benzene rings is 2. The van der Waals surface area contributed by atoms with Gasteiger partial charge in [0, 0.05) is 15.2 Å². The van der Waals surface area contributed by atoms with Crippen molar-refractivity contribution in [3.05, 3.63) is 46.4 Å². The van der Waals surface area contributed by atoms with E-state index in [-0.39, 0.29) is 0 Å². The quantitative estimate of drug-likeness (QED) is 0.573. The average Bonchev–Trinajstić information content (AvgIpc) is 2.57. The molecule has 3 rings (SSSR count). The van der Waals surface area contributed by atoms with Crippen LogP contribution in [0, 0.1) is 6.92 Å². The Hall–Kier alpha value is -1.28. The maximum absolute atomic E-state index is 5.76. The summed E-state index contributed by atoms with van der Waals surface area (Å²) in [5, 5.41) is 2.34. The normalized spacial score (nSPS) is 11.3. The molecule has 0 spiro atoms. The molecule has 0 atom stereocenters.